The van der Waals surface area contributed by atoms with Crippen LogP contribution in [0.4, 0.5) is 10.6 Å². The lowest BCUT2D eigenvalue weighted by atomic mass is 10.2. The molecule has 4 N–H and O–H groups in total. The van der Waals surface area contributed by atoms with Gasteiger partial charge in [0.05, 0.1) is 6.54 Å². The summed E-state index contributed by atoms with van der Waals surface area (Å²) < 4.78 is 7.20. The lowest BCUT2D eigenvalue weighted by molar-refractivity contribution is -0.121. The summed E-state index contributed by atoms with van der Waals surface area (Å²) in [4.78, 5) is 40.8. The van der Waals surface area contributed by atoms with Gasteiger partial charge in [0.1, 0.15) is 17.5 Å². The first-order valence-electron chi connectivity index (χ1n) is 14.5. The van der Waals surface area contributed by atoms with Crippen LogP contribution >= 0.6 is 11.8 Å². The number of allylic oxidation sites excluding steroid dienone is 10. The number of nitrogens with zero attached hydrogens (tertiary/aromatic N) is 3. The van der Waals surface area contributed by atoms with Crippen LogP contribution in [0.15, 0.2) is 77.8 Å². The minimum Gasteiger partial charge on any atom is -0.465 e. The van der Waals surface area contributed by atoms with Gasteiger partial charge in [0.25, 0.3) is 0 Å². The summed E-state index contributed by atoms with van der Waals surface area (Å²) in [6.07, 6.45) is 28.2. The molecule has 1 fully saturated rings. The van der Waals surface area contributed by atoms with Gasteiger partial charge < -0.3 is 25.8 Å². The average molecular weight is 600 g/mol. The summed E-state index contributed by atoms with van der Waals surface area (Å²) >= 11 is 1.42. The molecule has 1 aromatic heterocycles. The van der Waals surface area contributed by atoms with Gasteiger partial charge in [-0.3, -0.25) is 9.36 Å². The largest absolute Gasteiger partial charge is 0.465 e. The topological polar surface area (TPSA) is 140 Å². The molecule has 0 spiro atoms. The highest BCUT2D eigenvalue weighted by atomic mass is 32.2. The highest BCUT2D eigenvalue weighted by Gasteiger charge is 2.30. The van der Waals surface area contributed by atoms with Crippen LogP contribution in [-0.2, 0) is 9.53 Å². The van der Waals surface area contributed by atoms with Crippen LogP contribution in [0, 0.1) is 0 Å². The van der Waals surface area contributed by atoms with Gasteiger partial charge >= 0.3 is 11.8 Å². The summed E-state index contributed by atoms with van der Waals surface area (Å²) in [6.45, 7) is 2.61. The fourth-order valence-electron chi connectivity index (χ4n) is 3.94. The summed E-state index contributed by atoms with van der Waals surface area (Å²) in [7, 11) is 0. The molecule has 11 heteroatoms. The van der Waals surface area contributed by atoms with E-state index in [0.29, 0.717) is 12.2 Å². The molecule has 0 bridgehead atoms. The Hall–Kier alpha value is -3.57. The van der Waals surface area contributed by atoms with Crippen molar-refractivity contribution in [2.24, 2.45) is 0 Å². The predicted octanol–water partition coefficient (Wildman–Crippen LogP) is 5.43. The van der Waals surface area contributed by atoms with E-state index in [-0.39, 0.29) is 31.4 Å². The van der Waals surface area contributed by atoms with Crippen molar-refractivity contribution < 1.29 is 19.4 Å². The number of carbonyl (C=O) groups excluding carboxylic acids is 1. The van der Waals surface area contributed by atoms with E-state index in [0.717, 1.165) is 44.9 Å². The van der Waals surface area contributed by atoms with Crippen molar-refractivity contribution in [1.29, 1.82) is 0 Å². The molecule has 10 nitrogen and oxygen atoms in total. The van der Waals surface area contributed by atoms with Crippen molar-refractivity contribution in [3.63, 3.8) is 0 Å². The van der Waals surface area contributed by atoms with Crippen molar-refractivity contribution >= 4 is 29.6 Å². The van der Waals surface area contributed by atoms with Crippen LogP contribution in [0.1, 0.15) is 64.5 Å². The number of rotatable bonds is 19. The fraction of sp³-hybridized carbons (Fsp3) is 0.484. The summed E-state index contributed by atoms with van der Waals surface area (Å²) in [5, 5.41) is 12.4. The van der Waals surface area contributed by atoms with Crippen LogP contribution in [-0.4, -0.2) is 62.4 Å². The molecule has 0 aliphatic carbocycles. The number of carbonyl (C=O) groups is 2. The first-order valence-corrected chi connectivity index (χ1v) is 15.6. The van der Waals surface area contributed by atoms with Crippen LogP contribution in [0.2, 0.25) is 0 Å². The van der Waals surface area contributed by atoms with Crippen molar-refractivity contribution in [2.75, 3.05) is 31.1 Å². The van der Waals surface area contributed by atoms with E-state index < -0.39 is 23.4 Å². The minimum atomic E-state index is -1.10. The second-order valence-electron chi connectivity index (χ2n) is 9.57. The maximum Gasteiger partial charge on any atom is 0.407 e. The van der Waals surface area contributed by atoms with Crippen molar-refractivity contribution in [3.8, 4) is 0 Å². The zero-order valence-electron chi connectivity index (χ0n) is 24.5. The Bertz CT molecular complexity index is 1160. The van der Waals surface area contributed by atoms with Gasteiger partial charge in [0, 0.05) is 31.5 Å². The predicted molar refractivity (Wildman–Crippen MR) is 170 cm³/mol. The molecule has 2 rings (SSSR count). The molecule has 2 amide bonds. The number of anilines is 1. The molecule has 0 saturated carbocycles. The third kappa shape index (κ3) is 14.9. The summed E-state index contributed by atoms with van der Waals surface area (Å²) in [6, 6.07) is 1.51. The number of aromatic nitrogens is 2. The SMILES string of the molecule is CCC=CCC=CCC=CCC=CCC=CCCCC(=O)NCCN(C[C@@H]1O[C@H](n2ccc(N)nc2=O)CS1)C(=O)O. The second kappa shape index (κ2) is 21.2. The third-order valence-electron chi connectivity index (χ3n) is 6.17. The Morgan fingerprint density at radius 2 is 1.71 bits per heavy atom. The number of thioether (sulfide) groups is 1. The molecule has 230 valence electrons. The summed E-state index contributed by atoms with van der Waals surface area (Å²) in [5.41, 5.74) is 4.58. The van der Waals surface area contributed by atoms with E-state index in [9.17, 15) is 19.5 Å². The van der Waals surface area contributed by atoms with Crippen LogP contribution < -0.4 is 16.7 Å². The Morgan fingerprint density at radius 1 is 1.10 bits per heavy atom. The van der Waals surface area contributed by atoms with Gasteiger partial charge in [-0.05, 0) is 51.0 Å². The molecule has 42 heavy (non-hydrogen) atoms. The molecule has 1 aliphatic rings. The molecule has 2 atom stereocenters. The van der Waals surface area contributed by atoms with Crippen LogP contribution in [0.5, 0.6) is 0 Å². The number of hydrogen-bond donors (Lipinski definition) is 3. The van der Waals surface area contributed by atoms with E-state index in [2.05, 4.69) is 78.0 Å². The first-order chi connectivity index (χ1) is 20.4. The van der Waals surface area contributed by atoms with Gasteiger partial charge in [-0.25, -0.2) is 9.59 Å². The van der Waals surface area contributed by atoms with Crippen LogP contribution in [0.3, 0.4) is 0 Å². The fourth-order valence-corrected chi connectivity index (χ4v) is 5.05. The van der Waals surface area contributed by atoms with E-state index in [1.54, 1.807) is 0 Å². The third-order valence-corrected chi connectivity index (χ3v) is 7.28. The Labute approximate surface area is 253 Å². The van der Waals surface area contributed by atoms with Gasteiger partial charge in [-0.15, -0.1) is 11.8 Å². The van der Waals surface area contributed by atoms with Crippen molar-refractivity contribution in [2.45, 2.75) is 70.0 Å². The molecular weight excluding hydrogens is 554 g/mol. The lowest BCUT2D eigenvalue weighted by Gasteiger charge is -2.23. The van der Waals surface area contributed by atoms with E-state index in [1.807, 2.05) is 0 Å². The smallest absolute Gasteiger partial charge is 0.407 e. The Balaban J connectivity index is 1.53. The first kappa shape index (κ1) is 34.6. The van der Waals surface area contributed by atoms with Gasteiger partial charge in [-0.2, -0.15) is 4.98 Å². The van der Waals surface area contributed by atoms with Crippen molar-refractivity contribution in [1.82, 2.24) is 19.8 Å². The van der Waals surface area contributed by atoms with Gasteiger partial charge in [-0.1, -0.05) is 67.7 Å². The normalized spacial score (nSPS) is 17.5. The highest BCUT2D eigenvalue weighted by Crippen LogP contribution is 2.31. The number of amides is 2. The number of ether oxygens (including phenoxy) is 1. The Morgan fingerprint density at radius 3 is 2.31 bits per heavy atom. The molecule has 0 radical (unpaired) electrons. The van der Waals surface area contributed by atoms with E-state index in [4.69, 9.17) is 10.5 Å². The number of nitrogen functional groups attached to an aromatic ring is 1. The molecule has 2 heterocycles. The number of carboxylic acid groups (broad SMARTS) is 1. The van der Waals surface area contributed by atoms with Crippen LogP contribution in [0.25, 0.3) is 0 Å². The number of hydrogen-bond acceptors (Lipinski definition) is 7. The monoisotopic (exact) mass is 599 g/mol. The molecule has 1 saturated heterocycles. The molecule has 0 aromatic carbocycles. The maximum absolute atomic E-state index is 12.2. The zero-order valence-corrected chi connectivity index (χ0v) is 25.3. The second-order valence-corrected chi connectivity index (χ2v) is 10.8. The van der Waals surface area contributed by atoms with E-state index >= 15 is 0 Å². The molecule has 1 aliphatic heterocycles. The molecular formula is C31H45N5O5S. The number of nitrogens with two attached hydrogens (primary N) is 1. The average Bonchev–Trinajstić information content (AvgIpc) is 3.42. The van der Waals surface area contributed by atoms with Gasteiger partial charge in [0.15, 0.2) is 0 Å². The van der Waals surface area contributed by atoms with E-state index in [1.165, 1.54) is 33.5 Å². The van der Waals surface area contributed by atoms with Gasteiger partial charge in [0.2, 0.25) is 5.91 Å². The lowest BCUT2D eigenvalue weighted by Crippen LogP contribution is -2.41. The minimum absolute atomic E-state index is 0.102. The quantitative estimate of drug-likeness (QED) is 0.141. The number of nitrogens with one attached hydrogen (secondary N) is 1. The highest BCUT2D eigenvalue weighted by molar-refractivity contribution is 8.00. The Kier molecular flexibility index (Phi) is 17.5. The number of unbranched alkanes of at least 4 members (excludes halogenated alkanes) is 1. The summed E-state index contributed by atoms with van der Waals surface area (Å²) in [5.74, 6) is 0.513. The zero-order chi connectivity index (χ0) is 30.4. The standard InChI is InChI=1S/C31H45N5O5S/c1-2-3-4-5-6-7-8-9-10-11-12-13-14-15-16-17-18-19-27(37)33-21-23-35(31(39)40)24-29-41-28(25-42-29)36-22-20-26(32)34-30(36)38/h3-4,6-7,9-10,12-13,15-16,20,22,28-29H,2,5,8,11,14,17-19,21,23-25H2,1H3,(H,33,37)(H,39,40)(H2,32,34,38)/t28-,29+/m0/s1. The van der Waals surface area contributed by atoms with Crippen molar-refractivity contribution in [3.05, 3.63) is 83.5 Å². The molecule has 0 unspecified atom stereocenters. The molecule has 1 aromatic rings. The maximum atomic E-state index is 12.2.